The third-order valence-electron chi connectivity index (χ3n) is 3.54. The van der Waals surface area contributed by atoms with Gasteiger partial charge in [-0.25, -0.2) is 4.98 Å². The Balaban J connectivity index is 2.53. The van der Waals surface area contributed by atoms with Crippen LogP contribution in [-0.2, 0) is 11.2 Å². The van der Waals surface area contributed by atoms with E-state index in [4.69, 9.17) is 4.74 Å². The predicted octanol–water partition coefficient (Wildman–Crippen LogP) is 2.95. The van der Waals surface area contributed by atoms with E-state index in [1.807, 2.05) is 11.3 Å². The molecule has 0 fully saturated rings. The maximum Gasteiger partial charge on any atom is 0.0936 e. The van der Waals surface area contributed by atoms with Gasteiger partial charge in [0.1, 0.15) is 0 Å². The van der Waals surface area contributed by atoms with Crippen LogP contribution in [0.1, 0.15) is 35.8 Å². The van der Waals surface area contributed by atoms with Gasteiger partial charge in [-0.3, -0.25) is 0 Å². The molecule has 4 heteroatoms. The summed E-state index contributed by atoms with van der Waals surface area (Å²) in [5.74, 6) is 0. The summed E-state index contributed by atoms with van der Waals surface area (Å²) >= 11 is 1.84. The Labute approximate surface area is 115 Å². The molecule has 0 radical (unpaired) electrons. The van der Waals surface area contributed by atoms with Gasteiger partial charge in [-0.15, -0.1) is 11.3 Å². The van der Waals surface area contributed by atoms with Crippen molar-refractivity contribution in [2.24, 2.45) is 5.41 Å². The van der Waals surface area contributed by atoms with Gasteiger partial charge in [-0.1, -0.05) is 13.8 Å². The number of aromatic nitrogens is 1. The van der Waals surface area contributed by atoms with Gasteiger partial charge < -0.3 is 10.1 Å². The van der Waals surface area contributed by atoms with Crippen LogP contribution >= 0.6 is 11.3 Å². The van der Waals surface area contributed by atoms with Gasteiger partial charge in [-0.05, 0) is 25.7 Å². The van der Waals surface area contributed by atoms with Crippen LogP contribution in [0, 0.1) is 19.3 Å². The number of rotatable bonds is 8. The number of ether oxygens (including phenoxy) is 1. The van der Waals surface area contributed by atoms with E-state index in [0.29, 0.717) is 0 Å². The van der Waals surface area contributed by atoms with E-state index >= 15 is 0 Å². The monoisotopic (exact) mass is 270 g/mol. The normalized spacial score (nSPS) is 14.7. The van der Waals surface area contributed by atoms with Crippen molar-refractivity contribution < 1.29 is 4.74 Å². The van der Waals surface area contributed by atoms with Crippen LogP contribution in [0.25, 0.3) is 0 Å². The first-order valence-electron chi connectivity index (χ1n) is 6.63. The van der Waals surface area contributed by atoms with Gasteiger partial charge >= 0.3 is 0 Å². The van der Waals surface area contributed by atoms with Gasteiger partial charge in [0.25, 0.3) is 0 Å². The zero-order valence-electron chi connectivity index (χ0n) is 12.3. The summed E-state index contributed by atoms with van der Waals surface area (Å²) in [5, 5.41) is 4.74. The van der Waals surface area contributed by atoms with Gasteiger partial charge in [0.05, 0.1) is 17.3 Å². The zero-order chi connectivity index (χ0) is 13.6. The maximum atomic E-state index is 5.05. The van der Waals surface area contributed by atoms with Crippen LogP contribution in [0.15, 0.2) is 0 Å². The topological polar surface area (TPSA) is 34.1 Å². The highest BCUT2D eigenvalue weighted by molar-refractivity contribution is 7.11. The second-order valence-electron chi connectivity index (χ2n) is 5.26. The van der Waals surface area contributed by atoms with E-state index < -0.39 is 0 Å². The fourth-order valence-electron chi connectivity index (χ4n) is 1.86. The molecule has 0 spiro atoms. The molecule has 0 aliphatic heterocycles. The second kappa shape index (κ2) is 7.22. The molecule has 0 amide bonds. The average molecular weight is 270 g/mol. The highest BCUT2D eigenvalue weighted by Gasteiger charge is 2.24. The lowest BCUT2D eigenvalue weighted by molar-refractivity contribution is 0.191. The number of thiazole rings is 1. The molecule has 104 valence electrons. The minimum Gasteiger partial charge on any atom is -0.383 e. The molecular formula is C14H26N2OS. The summed E-state index contributed by atoms with van der Waals surface area (Å²) in [7, 11) is 1.74. The molecule has 3 nitrogen and oxygen atoms in total. The molecule has 1 atom stereocenters. The second-order valence-corrected chi connectivity index (χ2v) is 6.55. The van der Waals surface area contributed by atoms with E-state index in [9.17, 15) is 0 Å². The highest BCUT2D eigenvalue weighted by Crippen LogP contribution is 2.28. The molecule has 1 aromatic rings. The van der Waals surface area contributed by atoms with Gasteiger partial charge in [0.15, 0.2) is 0 Å². The molecule has 1 rings (SSSR count). The first-order chi connectivity index (χ1) is 8.50. The van der Waals surface area contributed by atoms with Crippen LogP contribution in [0.3, 0.4) is 0 Å². The Bertz CT molecular complexity index is 345. The number of hydrogen-bond acceptors (Lipinski definition) is 4. The van der Waals surface area contributed by atoms with Crippen LogP contribution < -0.4 is 5.32 Å². The third-order valence-corrected chi connectivity index (χ3v) is 4.61. The molecule has 0 saturated heterocycles. The SMILES string of the molecule is CCC(C)(CNCCOC)Cc1nc(C)c(C)s1. The highest BCUT2D eigenvalue weighted by atomic mass is 32.1. The fraction of sp³-hybridized carbons (Fsp3) is 0.786. The van der Waals surface area contributed by atoms with Crippen molar-refractivity contribution in [1.82, 2.24) is 10.3 Å². The average Bonchev–Trinajstić information content (AvgIpc) is 2.64. The van der Waals surface area contributed by atoms with Crippen LogP contribution in [0.5, 0.6) is 0 Å². The minimum atomic E-state index is 0.282. The Hall–Kier alpha value is -0.450. The molecule has 0 aliphatic carbocycles. The van der Waals surface area contributed by atoms with Gasteiger partial charge in [-0.2, -0.15) is 0 Å². The minimum absolute atomic E-state index is 0.282. The molecule has 18 heavy (non-hydrogen) atoms. The van der Waals surface area contributed by atoms with E-state index in [1.54, 1.807) is 7.11 Å². The fourth-order valence-corrected chi connectivity index (χ4v) is 3.01. The van der Waals surface area contributed by atoms with Crippen molar-refractivity contribution >= 4 is 11.3 Å². The van der Waals surface area contributed by atoms with Crippen LogP contribution in [0.2, 0.25) is 0 Å². The van der Waals surface area contributed by atoms with Crippen molar-refractivity contribution in [1.29, 1.82) is 0 Å². The number of nitrogens with zero attached hydrogens (tertiary/aromatic N) is 1. The van der Waals surface area contributed by atoms with Gasteiger partial charge in [0.2, 0.25) is 0 Å². The molecular weight excluding hydrogens is 244 g/mol. The Morgan fingerprint density at radius 1 is 1.39 bits per heavy atom. The Kier molecular flexibility index (Phi) is 6.26. The smallest absolute Gasteiger partial charge is 0.0936 e. The van der Waals surface area contributed by atoms with Crippen molar-refractivity contribution in [3.05, 3.63) is 15.6 Å². The van der Waals surface area contributed by atoms with E-state index in [-0.39, 0.29) is 5.41 Å². The Morgan fingerprint density at radius 2 is 2.11 bits per heavy atom. The summed E-state index contributed by atoms with van der Waals surface area (Å²) in [6.07, 6.45) is 2.22. The zero-order valence-corrected chi connectivity index (χ0v) is 13.1. The molecule has 1 N–H and O–H groups in total. The molecule has 1 aromatic heterocycles. The number of hydrogen-bond donors (Lipinski definition) is 1. The molecule has 0 bridgehead atoms. The predicted molar refractivity (Wildman–Crippen MR) is 78.4 cm³/mol. The first-order valence-corrected chi connectivity index (χ1v) is 7.45. The number of aryl methyl sites for hydroxylation is 2. The first kappa shape index (κ1) is 15.6. The van der Waals surface area contributed by atoms with Crippen LogP contribution in [-0.4, -0.2) is 31.8 Å². The summed E-state index contributed by atoms with van der Waals surface area (Å²) in [6, 6.07) is 0. The quantitative estimate of drug-likeness (QED) is 0.738. The lowest BCUT2D eigenvalue weighted by atomic mass is 9.84. The number of methoxy groups -OCH3 is 1. The molecule has 1 heterocycles. The molecule has 0 saturated carbocycles. The lowest BCUT2D eigenvalue weighted by Gasteiger charge is -2.27. The Morgan fingerprint density at radius 3 is 2.61 bits per heavy atom. The van der Waals surface area contributed by atoms with Crippen LogP contribution in [0.4, 0.5) is 0 Å². The molecule has 0 aliphatic rings. The number of nitrogens with one attached hydrogen (secondary N) is 1. The van der Waals surface area contributed by atoms with E-state index in [2.05, 4.69) is 38.0 Å². The summed E-state index contributed by atoms with van der Waals surface area (Å²) in [5.41, 5.74) is 1.46. The summed E-state index contributed by atoms with van der Waals surface area (Å²) in [4.78, 5) is 6.00. The van der Waals surface area contributed by atoms with E-state index in [0.717, 1.165) is 32.5 Å². The summed E-state index contributed by atoms with van der Waals surface area (Å²) in [6.45, 7) is 11.5. The van der Waals surface area contributed by atoms with Crippen molar-refractivity contribution in [2.75, 3.05) is 26.8 Å². The van der Waals surface area contributed by atoms with E-state index in [1.165, 1.54) is 15.6 Å². The maximum absolute atomic E-state index is 5.05. The van der Waals surface area contributed by atoms with Gasteiger partial charge in [0, 0.05) is 31.5 Å². The molecule has 0 aromatic carbocycles. The molecule has 1 unspecified atom stereocenters. The standard InChI is InChI=1S/C14H26N2OS/c1-6-14(4,10-15-7-8-17-5)9-13-16-11(2)12(3)18-13/h15H,6-10H2,1-5H3. The largest absolute Gasteiger partial charge is 0.383 e. The lowest BCUT2D eigenvalue weighted by Crippen LogP contribution is -2.34. The van der Waals surface area contributed by atoms with Crippen molar-refractivity contribution in [3.8, 4) is 0 Å². The van der Waals surface area contributed by atoms with Crippen molar-refractivity contribution in [3.63, 3.8) is 0 Å². The van der Waals surface area contributed by atoms with Crippen molar-refractivity contribution in [2.45, 2.75) is 40.5 Å². The summed E-state index contributed by atoms with van der Waals surface area (Å²) < 4.78 is 5.05. The third kappa shape index (κ3) is 4.67.